The van der Waals surface area contributed by atoms with Crippen LogP contribution in [0.4, 0.5) is 0 Å². The van der Waals surface area contributed by atoms with Crippen LogP contribution in [-0.2, 0) is 12.8 Å². The third-order valence-corrected chi connectivity index (χ3v) is 11.9. The van der Waals surface area contributed by atoms with Crippen LogP contribution in [0.2, 0.25) is 0 Å². The van der Waals surface area contributed by atoms with E-state index < -0.39 is 17.2 Å². The zero-order valence-electron chi connectivity index (χ0n) is 30.2. The average Bonchev–Trinajstić information content (AvgIpc) is 3.11. The molecule has 8 rings (SSSR count). The van der Waals surface area contributed by atoms with Crippen LogP contribution in [0.15, 0.2) is 109 Å². The molecule has 0 fully saturated rings. The van der Waals surface area contributed by atoms with Gasteiger partial charge in [-0.25, -0.2) is 0 Å². The first-order valence-corrected chi connectivity index (χ1v) is 19.6. The number of rotatable bonds is 5. The number of fused-ring (bicyclic) bond motifs is 4. The third-order valence-electron chi connectivity index (χ3n) is 9.89. The minimum absolute atomic E-state index is 0.686. The number of aryl methyl sites for hydroxylation is 4. The van der Waals surface area contributed by atoms with Crippen LogP contribution in [0, 0.1) is 41.5 Å². The summed E-state index contributed by atoms with van der Waals surface area (Å²) in [7, 11) is -3.82. The molecule has 6 aromatic carbocycles. The van der Waals surface area contributed by atoms with E-state index in [-0.39, 0.29) is 0 Å². The summed E-state index contributed by atoms with van der Waals surface area (Å²) in [5, 5.41) is 0. The highest BCUT2D eigenvalue weighted by molar-refractivity contribution is 7.43. The fourth-order valence-corrected chi connectivity index (χ4v) is 9.26. The van der Waals surface area contributed by atoms with Crippen LogP contribution in [0.3, 0.4) is 0 Å². The molecule has 6 nitrogen and oxygen atoms in total. The first kappa shape index (κ1) is 34.1. The van der Waals surface area contributed by atoms with E-state index in [2.05, 4.69) is 77.9 Å². The molecule has 2 heterocycles. The lowest BCUT2D eigenvalue weighted by molar-refractivity contribution is 0.378. The summed E-state index contributed by atoms with van der Waals surface area (Å²) >= 11 is 0. The highest BCUT2D eigenvalue weighted by atomic mass is 31.2. The van der Waals surface area contributed by atoms with E-state index in [0.29, 0.717) is 24.3 Å². The average molecular weight is 727 g/mol. The Morgan fingerprint density at radius 3 is 1.00 bits per heavy atom. The van der Waals surface area contributed by atoms with Gasteiger partial charge >= 0.3 is 17.2 Å². The molecule has 52 heavy (non-hydrogen) atoms. The first-order chi connectivity index (χ1) is 25.2. The van der Waals surface area contributed by atoms with E-state index in [1.807, 2.05) is 72.8 Å². The van der Waals surface area contributed by atoms with Gasteiger partial charge in [0, 0.05) is 24.0 Å². The monoisotopic (exact) mass is 726 g/mol. The molecule has 0 saturated carbocycles. The molecule has 6 aromatic rings. The molecule has 0 aliphatic carbocycles. The third kappa shape index (κ3) is 6.58. The van der Waals surface area contributed by atoms with Gasteiger partial charge in [0.25, 0.3) is 0 Å². The van der Waals surface area contributed by atoms with Crippen molar-refractivity contribution in [1.82, 2.24) is 0 Å². The standard InChI is InChI=1S/C44H40O6P2/c1-27-23-29(3)43(49-51-45-37-19-11-7-15-33(37)25-34-16-8-12-20-38(34)46-51)41(31(27)5)42-32(6)28(2)24-30(4)44(42)50-52-47-39-21-13-9-17-35(39)26-36-18-10-14-22-40(36)48-52/h7-24H,25-26H2,1-6H3. The lowest BCUT2D eigenvalue weighted by atomic mass is 9.87. The molecule has 262 valence electrons. The summed E-state index contributed by atoms with van der Waals surface area (Å²) in [4.78, 5) is 0. The molecule has 0 saturated heterocycles. The first-order valence-electron chi connectivity index (χ1n) is 17.4. The van der Waals surface area contributed by atoms with E-state index in [9.17, 15) is 0 Å². The highest BCUT2D eigenvalue weighted by Crippen LogP contribution is 2.55. The van der Waals surface area contributed by atoms with Gasteiger partial charge in [-0.05, 0) is 121 Å². The Hall–Kier alpha value is -5.02. The fourth-order valence-electron chi connectivity index (χ4n) is 6.91. The molecular weight excluding hydrogens is 686 g/mol. The van der Waals surface area contributed by atoms with Crippen molar-refractivity contribution >= 4 is 17.2 Å². The molecule has 0 unspecified atom stereocenters. The molecule has 0 spiro atoms. The predicted molar refractivity (Wildman–Crippen MR) is 209 cm³/mol. The number of hydrogen-bond donors (Lipinski definition) is 0. The topological polar surface area (TPSA) is 55.4 Å². The van der Waals surface area contributed by atoms with Crippen LogP contribution < -0.4 is 27.1 Å². The van der Waals surface area contributed by atoms with E-state index in [1.54, 1.807) is 0 Å². The molecule has 0 N–H and O–H groups in total. The zero-order valence-corrected chi connectivity index (χ0v) is 31.9. The van der Waals surface area contributed by atoms with Gasteiger partial charge in [0.05, 0.1) is 0 Å². The SMILES string of the molecule is Cc1cc(C)c(OP2Oc3ccccc3Cc3ccccc3O2)c(-c2c(C)c(C)cc(C)c2OP2Oc3ccccc3Cc3ccccc3O2)c1C. The van der Waals surface area contributed by atoms with Crippen molar-refractivity contribution in [3.8, 4) is 45.6 Å². The Labute approximate surface area is 308 Å². The Morgan fingerprint density at radius 1 is 0.404 bits per heavy atom. The number of hydrogen-bond acceptors (Lipinski definition) is 6. The molecule has 0 radical (unpaired) electrons. The van der Waals surface area contributed by atoms with Crippen molar-refractivity contribution in [2.75, 3.05) is 0 Å². The van der Waals surface area contributed by atoms with Crippen molar-refractivity contribution in [1.29, 1.82) is 0 Å². The zero-order chi connectivity index (χ0) is 35.9. The Morgan fingerprint density at radius 2 is 0.692 bits per heavy atom. The predicted octanol–water partition coefficient (Wildman–Crippen LogP) is 12.5. The minimum atomic E-state index is -1.91. The van der Waals surface area contributed by atoms with E-state index >= 15 is 0 Å². The summed E-state index contributed by atoms with van der Waals surface area (Å²) in [6, 6.07) is 36.7. The smallest absolute Gasteiger partial charge is 0.408 e. The Kier molecular flexibility index (Phi) is 9.30. The van der Waals surface area contributed by atoms with Crippen LogP contribution >= 0.6 is 17.2 Å². The lowest BCUT2D eigenvalue weighted by Crippen LogP contribution is -2.11. The van der Waals surface area contributed by atoms with Crippen LogP contribution in [0.5, 0.6) is 34.5 Å². The van der Waals surface area contributed by atoms with Gasteiger partial charge in [0.1, 0.15) is 34.5 Å². The maximum atomic E-state index is 6.97. The second-order valence-corrected chi connectivity index (χ2v) is 15.4. The van der Waals surface area contributed by atoms with Crippen molar-refractivity contribution in [3.63, 3.8) is 0 Å². The van der Waals surface area contributed by atoms with E-state index in [1.165, 1.54) is 0 Å². The summed E-state index contributed by atoms with van der Waals surface area (Å²) in [5.41, 5.74) is 12.5. The van der Waals surface area contributed by atoms with Crippen LogP contribution in [-0.4, -0.2) is 0 Å². The molecule has 0 aromatic heterocycles. The van der Waals surface area contributed by atoms with E-state index in [4.69, 9.17) is 27.1 Å². The number of benzene rings is 6. The quantitative estimate of drug-likeness (QED) is 0.165. The van der Waals surface area contributed by atoms with Crippen molar-refractivity contribution < 1.29 is 27.1 Å². The maximum Gasteiger partial charge on any atom is 0.530 e. The van der Waals surface area contributed by atoms with Crippen LogP contribution in [0.1, 0.15) is 55.6 Å². The van der Waals surface area contributed by atoms with Gasteiger partial charge in [-0.1, -0.05) is 84.9 Å². The Balaban J connectivity index is 1.25. The summed E-state index contributed by atoms with van der Waals surface area (Å²) < 4.78 is 40.3. The van der Waals surface area contributed by atoms with Gasteiger partial charge in [-0.3, -0.25) is 0 Å². The summed E-state index contributed by atoms with van der Waals surface area (Å²) in [5.74, 6) is 4.37. The second-order valence-electron chi connectivity index (χ2n) is 13.5. The lowest BCUT2D eigenvalue weighted by Gasteiger charge is -2.28. The van der Waals surface area contributed by atoms with Crippen LogP contribution in [0.25, 0.3) is 11.1 Å². The van der Waals surface area contributed by atoms with Gasteiger partial charge in [-0.15, -0.1) is 0 Å². The molecule has 0 amide bonds. The molecule has 0 atom stereocenters. The van der Waals surface area contributed by atoms with Gasteiger partial charge < -0.3 is 27.1 Å². The molecule has 0 bridgehead atoms. The van der Waals surface area contributed by atoms with E-state index in [0.717, 1.165) is 89.8 Å². The Bertz CT molecular complexity index is 2060. The molecule has 8 heteroatoms. The van der Waals surface area contributed by atoms with Crippen molar-refractivity contribution in [2.45, 2.75) is 54.4 Å². The van der Waals surface area contributed by atoms with Gasteiger partial charge in [0.15, 0.2) is 0 Å². The number of para-hydroxylation sites is 4. The van der Waals surface area contributed by atoms with Crippen molar-refractivity contribution in [2.24, 2.45) is 0 Å². The molecule has 2 aliphatic heterocycles. The second kappa shape index (κ2) is 14.2. The normalized spacial score (nSPS) is 13.9. The van der Waals surface area contributed by atoms with Gasteiger partial charge in [-0.2, -0.15) is 0 Å². The summed E-state index contributed by atoms with van der Waals surface area (Å²) in [6.45, 7) is 12.7. The minimum Gasteiger partial charge on any atom is -0.408 e. The fraction of sp³-hybridized carbons (Fsp3) is 0.182. The maximum absolute atomic E-state index is 6.97. The molecule has 2 aliphatic rings. The van der Waals surface area contributed by atoms with Crippen molar-refractivity contribution in [3.05, 3.63) is 165 Å². The van der Waals surface area contributed by atoms with Gasteiger partial charge in [0.2, 0.25) is 0 Å². The largest absolute Gasteiger partial charge is 0.530 e. The summed E-state index contributed by atoms with van der Waals surface area (Å²) in [6.07, 6.45) is 1.40. The highest BCUT2D eigenvalue weighted by Gasteiger charge is 2.33. The molecular formula is C44H40O6P2.